The molecule has 0 aliphatic carbocycles. The summed E-state index contributed by atoms with van der Waals surface area (Å²) < 4.78 is 29.8. The van der Waals surface area contributed by atoms with Crippen molar-refractivity contribution in [3.05, 3.63) is 95.9 Å². The van der Waals surface area contributed by atoms with Crippen molar-refractivity contribution in [3.63, 3.8) is 0 Å². The zero-order valence-electron chi connectivity index (χ0n) is 16.3. The van der Waals surface area contributed by atoms with E-state index in [1.54, 1.807) is 24.3 Å². The van der Waals surface area contributed by atoms with E-state index in [1.807, 2.05) is 61.5 Å². The van der Waals surface area contributed by atoms with Crippen molar-refractivity contribution >= 4 is 9.84 Å². The number of aromatic nitrogens is 1. The Hall–Kier alpha value is -3.18. The Bertz CT molecular complexity index is 1240. The predicted molar refractivity (Wildman–Crippen MR) is 114 cm³/mol. The number of benzene rings is 3. The molecule has 0 spiro atoms. The van der Waals surface area contributed by atoms with Crippen LogP contribution >= 0.6 is 0 Å². The average molecular weight is 404 g/mol. The molecule has 0 saturated carbocycles. The smallest absolute Gasteiger partial charge is 0.199 e. The topological polar surface area (TPSA) is 60.2 Å². The average Bonchev–Trinajstić information content (AvgIpc) is 3.12. The number of rotatable bonds is 5. The lowest BCUT2D eigenvalue weighted by Gasteiger charge is -2.05. The van der Waals surface area contributed by atoms with Gasteiger partial charge in [-0.05, 0) is 30.2 Å². The zero-order chi connectivity index (χ0) is 20.4. The van der Waals surface area contributed by atoms with Crippen LogP contribution in [0.15, 0.2) is 88.2 Å². The molecule has 1 aromatic heterocycles. The zero-order valence-corrected chi connectivity index (χ0v) is 17.1. The minimum absolute atomic E-state index is 0.284. The standard InChI is InChI=1S/C24H21NO3S/c1-17-8-6-7-11-21(17)24-23(19-12-14-20(15-13-19)29(2,26)27)25-22(28-24)16-18-9-4-3-5-10-18/h3-15H,16H2,1-2H3. The predicted octanol–water partition coefficient (Wildman–Crippen LogP) is 5.31. The van der Waals surface area contributed by atoms with Crippen LogP contribution < -0.4 is 0 Å². The molecule has 0 bridgehead atoms. The third-order valence-corrected chi connectivity index (χ3v) is 5.94. The maximum Gasteiger partial charge on any atom is 0.199 e. The quantitative estimate of drug-likeness (QED) is 0.453. The van der Waals surface area contributed by atoms with Crippen molar-refractivity contribution in [1.82, 2.24) is 4.98 Å². The summed E-state index contributed by atoms with van der Waals surface area (Å²) in [6.45, 7) is 2.03. The van der Waals surface area contributed by atoms with Crippen molar-refractivity contribution in [2.75, 3.05) is 6.26 Å². The highest BCUT2D eigenvalue weighted by Crippen LogP contribution is 2.35. The summed E-state index contributed by atoms with van der Waals surface area (Å²) >= 11 is 0. The highest BCUT2D eigenvalue weighted by Gasteiger charge is 2.19. The van der Waals surface area contributed by atoms with Crippen molar-refractivity contribution in [1.29, 1.82) is 0 Å². The van der Waals surface area contributed by atoms with E-state index in [0.29, 0.717) is 23.8 Å². The Morgan fingerprint density at radius 1 is 0.862 bits per heavy atom. The molecule has 0 aliphatic rings. The number of sulfone groups is 1. The van der Waals surface area contributed by atoms with E-state index in [9.17, 15) is 8.42 Å². The molecule has 1 heterocycles. The van der Waals surface area contributed by atoms with Gasteiger partial charge in [-0.2, -0.15) is 0 Å². The molecule has 5 heteroatoms. The monoisotopic (exact) mass is 403 g/mol. The minimum atomic E-state index is -3.25. The van der Waals surface area contributed by atoms with Gasteiger partial charge in [0.25, 0.3) is 0 Å². The molecule has 4 rings (SSSR count). The highest BCUT2D eigenvalue weighted by atomic mass is 32.2. The second kappa shape index (κ2) is 7.68. The number of hydrogen-bond acceptors (Lipinski definition) is 4. The van der Waals surface area contributed by atoms with Crippen molar-refractivity contribution < 1.29 is 12.8 Å². The van der Waals surface area contributed by atoms with E-state index >= 15 is 0 Å². The van der Waals surface area contributed by atoms with E-state index in [2.05, 4.69) is 0 Å². The molecule has 4 aromatic rings. The van der Waals surface area contributed by atoms with Crippen LogP contribution in [-0.2, 0) is 16.3 Å². The van der Waals surface area contributed by atoms with E-state index in [1.165, 1.54) is 6.26 Å². The lowest BCUT2D eigenvalue weighted by Crippen LogP contribution is -1.96. The molecule has 29 heavy (non-hydrogen) atoms. The third-order valence-electron chi connectivity index (χ3n) is 4.82. The number of oxazole rings is 1. The molecule has 0 atom stereocenters. The first-order valence-corrected chi connectivity index (χ1v) is 11.2. The van der Waals surface area contributed by atoms with Crippen molar-refractivity contribution in [2.24, 2.45) is 0 Å². The molecule has 0 N–H and O–H groups in total. The normalized spacial score (nSPS) is 11.5. The summed E-state index contributed by atoms with van der Waals surface area (Å²) in [5.41, 5.74) is 4.71. The molecule has 146 valence electrons. The van der Waals surface area contributed by atoms with Crippen molar-refractivity contribution in [3.8, 4) is 22.6 Å². The second-order valence-electron chi connectivity index (χ2n) is 7.06. The SMILES string of the molecule is Cc1ccccc1-c1oc(Cc2ccccc2)nc1-c1ccc(S(C)(=O)=O)cc1. The van der Waals surface area contributed by atoms with Gasteiger partial charge in [-0.1, -0.05) is 66.7 Å². The first kappa shape index (κ1) is 19.2. The van der Waals surface area contributed by atoms with Gasteiger partial charge in [-0.25, -0.2) is 13.4 Å². The molecule has 0 amide bonds. The van der Waals surface area contributed by atoms with Gasteiger partial charge >= 0.3 is 0 Å². The molecule has 0 saturated heterocycles. The molecule has 0 fully saturated rings. The van der Waals surface area contributed by atoms with E-state index in [4.69, 9.17) is 9.40 Å². The summed E-state index contributed by atoms with van der Waals surface area (Å²) in [5.74, 6) is 1.32. The minimum Gasteiger partial charge on any atom is -0.440 e. The van der Waals surface area contributed by atoms with Crippen LogP contribution in [-0.4, -0.2) is 19.7 Å². The number of aryl methyl sites for hydroxylation is 1. The van der Waals surface area contributed by atoms with Gasteiger partial charge in [-0.15, -0.1) is 0 Å². The molecule has 3 aromatic carbocycles. The Morgan fingerprint density at radius 3 is 2.17 bits per heavy atom. The largest absolute Gasteiger partial charge is 0.440 e. The molecular weight excluding hydrogens is 382 g/mol. The van der Waals surface area contributed by atoms with Gasteiger partial charge < -0.3 is 4.42 Å². The summed E-state index contributed by atoms with van der Waals surface area (Å²) in [4.78, 5) is 5.05. The molecule has 4 nitrogen and oxygen atoms in total. The summed E-state index contributed by atoms with van der Waals surface area (Å²) in [7, 11) is -3.25. The van der Waals surface area contributed by atoms with E-state index in [0.717, 1.165) is 22.3 Å². The Labute approximate surface area is 170 Å². The van der Waals surface area contributed by atoms with Gasteiger partial charge in [0.2, 0.25) is 0 Å². The van der Waals surface area contributed by atoms with Gasteiger partial charge in [0.1, 0.15) is 5.69 Å². The number of nitrogens with zero attached hydrogens (tertiary/aromatic N) is 1. The Morgan fingerprint density at radius 2 is 1.52 bits per heavy atom. The summed E-state index contributed by atoms with van der Waals surface area (Å²) in [5, 5.41) is 0. The third kappa shape index (κ3) is 4.15. The first-order valence-electron chi connectivity index (χ1n) is 9.32. The summed E-state index contributed by atoms with van der Waals surface area (Å²) in [6.07, 6.45) is 1.79. The first-order chi connectivity index (χ1) is 13.9. The van der Waals surface area contributed by atoms with Crippen molar-refractivity contribution in [2.45, 2.75) is 18.2 Å². The molecule has 0 aliphatic heterocycles. The maximum absolute atomic E-state index is 11.8. The second-order valence-corrected chi connectivity index (χ2v) is 9.07. The molecular formula is C24H21NO3S. The van der Waals surface area contributed by atoms with Crippen LogP contribution in [0, 0.1) is 6.92 Å². The van der Waals surface area contributed by atoms with Gasteiger partial charge in [-0.3, -0.25) is 0 Å². The van der Waals surface area contributed by atoms with Crippen LogP contribution in [0.1, 0.15) is 17.0 Å². The van der Waals surface area contributed by atoms with Gasteiger partial charge in [0.05, 0.1) is 4.90 Å². The molecule has 0 radical (unpaired) electrons. The Kier molecular flexibility index (Phi) is 5.07. The maximum atomic E-state index is 11.8. The lowest BCUT2D eigenvalue weighted by molar-refractivity contribution is 0.519. The number of hydrogen-bond donors (Lipinski definition) is 0. The van der Waals surface area contributed by atoms with Crippen LogP contribution in [0.25, 0.3) is 22.6 Å². The van der Waals surface area contributed by atoms with Gasteiger partial charge in [0, 0.05) is 23.8 Å². The fourth-order valence-corrected chi connectivity index (χ4v) is 3.91. The molecule has 0 unspecified atom stereocenters. The van der Waals surface area contributed by atoms with Crippen LogP contribution in [0.4, 0.5) is 0 Å². The fraction of sp³-hybridized carbons (Fsp3) is 0.125. The lowest BCUT2D eigenvalue weighted by atomic mass is 10.0. The highest BCUT2D eigenvalue weighted by molar-refractivity contribution is 7.90. The van der Waals surface area contributed by atoms with E-state index in [-0.39, 0.29) is 4.90 Å². The summed E-state index contributed by atoms with van der Waals surface area (Å²) in [6, 6.07) is 24.8. The Balaban J connectivity index is 1.82. The van der Waals surface area contributed by atoms with E-state index < -0.39 is 9.84 Å². The fourth-order valence-electron chi connectivity index (χ4n) is 3.28. The van der Waals surface area contributed by atoms with Crippen LogP contribution in [0.3, 0.4) is 0 Å². The van der Waals surface area contributed by atoms with Gasteiger partial charge in [0.15, 0.2) is 21.5 Å². The van der Waals surface area contributed by atoms with Crippen LogP contribution in [0.2, 0.25) is 0 Å². The van der Waals surface area contributed by atoms with Crippen LogP contribution in [0.5, 0.6) is 0 Å².